The van der Waals surface area contributed by atoms with Crippen LogP contribution < -0.4 is 4.74 Å². The van der Waals surface area contributed by atoms with E-state index in [1.165, 1.54) is 51.5 Å². The van der Waals surface area contributed by atoms with Gasteiger partial charge >= 0.3 is 0 Å². The third-order valence-electron chi connectivity index (χ3n) is 5.19. The predicted octanol–water partition coefficient (Wildman–Crippen LogP) is 6.43. The molecule has 0 bridgehead atoms. The van der Waals surface area contributed by atoms with Crippen molar-refractivity contribution in [2.75, 3.05) is 34.3 Å². The first-order valence-electron chi connectivity index (χ1n) is 11.0. The van der Waals surface area contributed by atoms with Crippen LogP contribution in [0.1, 0.15) is 56.9 Å². The van der Waals surface area contributed by atoms with E-state index in [-0.39, 0.29) is 0 Å². The summed E-state index contributed by atoms with van der Waals surface area (Å²) in [6.07, 6.45) is 10.5. The molecule has 0 heterocycles. The second-order valence-corrected chi connectivity index (χ2v) is 8.90. The highest BCUT2D eigenvalue weighted by atomic mass is 16.5. The summed E-state index contributed by atoms with van der Waals surface area (Å²) < 4.78 is 6.96. The topological polar surface area (TPSA) is 33.0 Å². The molecule has 2 aromatic rings. The molecule has 0 atom stereocenters. The standard InChI is InChI=1S/C26H37N2O/c1-28(2,3)20-10-8-6-4-5-7-9-11-21-29-26-18-16-25(17-19-26)24-14-12-23(22-27)13-15-24/h12-19H,4-11,20-21H2,1-3H3/q+1. The number of hydrogen-bond acceptors (Lipinski definition) is 2. The van der Waals surface area contributed by atoms with Gasteiger partial charge in [-0.05, 0) is 54.7 Å². The molecule has 0 fully saturated rings. The fourth-order valence-corrected chi connectivity index (χ4v) is 3.42. The van der Waals surface area contributed by atoms with Gasteiger partial charge in [-0.15, -0.1) is 0 Å². The third kappa shape index (κ3) is 9.63. The highest BCUT2D eigenvalue weighted by molar-refractivity contribution is 5.64. The summed E-state index contributed by atoms with van der Waals surface area (Å²) in [5, 5.41) is 8.89. The van der Waals surface area contributed by atoms with Crippen molar-refractivity contribution in [3.05, 3.63) is 54.1 Å². The van der Waals surface area contributed by atoms with Gasteiger partial charge in [-0.1, -0.05) is 56.4 Å². The van der Waals surface area contributed by atoms with Gasteiger partial charge in [0.25, 0.3) is 0 Å². The van der Waals surface area contributed by atoms with Crippen molar-refractivity contribution in [1.82, 2.24) is 0 Å². The molecule has 3 heteroatoms. The number of hydrogen-bond donors (Lipinski definition) is 0. The van der Waals surface area contributed by atoms with Gasteiger partial charge in [0, 0.05) is 0 Å². The van der Waals surface area contributed by atoms with Crippen molar-refractivity contribution in [1.29, 1.82) is 5.26 Å². The SMILES string of the molecule is C[N+](C)(C)CCCCCCCCCCOc1ccc(-c2ccc(C#N)cc2)cc1. The summed E-state index contributed by atoms with van der Waals surface area (Å²) in [5.41, 5.74) is 2.95. The third-order valence-corrected chi connectivity index (χ3v) is 5.19. The van der Waals surface area contributed by atoms with Crippen molar-refractivity contribution < 1.29 is 9.22 Å². The molecule has 0 radical (unpaired) electrons. The van der Waals surface area contributed by atoms with Crippen molar-refractivity contribution in [2.24, 2.45) is 0 Å². The Labute approximate surface area is 177 Å². The quantitative estimate of drug-likeness (QED) is 0.290. The molecule has 2 aromatic carbocycles. The van der Waals surface area contributed by atoms with Gasteiger partial charge in [0.15, 0.2) is 0 Å². The second-order valence-electron chi connectivity index (χ2n) is 8.90. The van der Waals surface area contributed by atoms with Gasteiger partial charge in [-0.25, -0.2) is 0 Å². The summed E-state index contributed by atoms with van der Waals surface area (Å²) >= 11 is 0. The van der Waals surface area contributed by atoms with Crippen LogP contribution >= 0.6 is 0 Å². The van der Waals surface area contributed by atoms with Gasteiger partial charge in [0.1, 0.15) is 5.75 Å². The molecule has 0 aromatic heterocycles. The van der Waals surface area contributed by atoms with Gasteiger partial charge in [0.2, 0.25) is 0 Å². The van der Waals surface area contributed by atoms with E-state index >= 15 is 0 Å². The number of rotatable bonds is 13. The van der Waals surface area contributed by atoms with Crippen LogP contribution in [0.2, 0.25) is 0 Å². The molecule has 0 aliphatic rings. The van der Waals surface area contributed by atoms with E-state index in [4.69, 9.17) is 10.00 Å². The van der Waals surface area contributed by atoms with E-state index in [2.05, 4.69) is 39.3 Å². The first-order chi connectivity index (χ1) is 14.0. The number of benzene rings is 2. The molecule has 0 amide bonds. The van der Waals surface area contributed by atoms with Crippen LogP contribution in [0.25, 0.3) is 11.1 Å². The van der Waals surface area contributed by atoms with Crippen LogP contribution in [0.3, 0.4) is 0 Å². The van der Waals surface area contributed by atoms with Crippen LogP contribution in [0.15, 0.2) is 48.5 Å². The van der Waals surface area contributed by atoms with Crippen LogP contribution in [0, 0.1) is 11.3 Å². The fourth-order valence-electron chi connectivity index (χ4n) is 3.42. The Morgan fingerprint density at radius 3 is 1.69 bits per heavy atom. The molecule has 0 N–H and O–H groups in total. The maximum atomic E-state index is 8.89. The zero-order valence-corrected chi connectivity index (χ0v) is 18.5. The zero-order chi connectivity index (χ0) is 21.0. The minimum atomic E-state index is 0.688. The Morgan fingerprint density at radius 1 is 0.690 bits per heavy atom. The molecule has 29 heavy (non-hydrogen) atoms. The molecule has 0 unspecified atom stereocenters. The Morgan fingerprint density at radius 2 is 1.17 bits per heavy atom. The van der Waals surface area contributed by atoms with E-state index in [0.717, 1.165) is 34.4 Å². The number of unbranched alkanes of at least 4 members (excludes halogenated alkanes) is 7. The van der Waals surface area contributed by atoms with E-state index < -0.39 is 0 Å². The molecule has 2 rings (SSSR count). The second kappa shape index (κ2) is 12.3. The Bertz CT molecular complexity index is 736. The molecular formula is C26H37N2O+. The number of ether oxygens (including phenoxy) is 1. The monoisotopic (exact) mass is 393 g/mol. The lowest BCUT2D eigenvalue weighted by molar-refractivity contribution is -0.870. The predicted molar refractivity (Wildman–Crippen MR) is 122 cm³/mol. The summed E-state index contributed by atoms with van der Waals surface area (Å²) in [5.74, 6) is 0.930. The van der Waals surface area contributed by atoms with Crippen molar-refractivity contribution in [3.63, 3.8) is 0 Å². The molecular weight excluding hydrogens is 356 g/mol. The smallest absolute Gasteiger partial charge is 0.119 e. The molecule has 3 nitrogen and oxygen atoms in total. The van der Waals surface area contributed by atoms with E-state index in [1.807, 2.05) is 36.4 Å². The van der Waals surface area contributed by atoms with Crippen LogP contribution in [-0.2, 0) is 0 Å². The molecule has 156 valence electrons. The average Bonchev–Trinajstić information content (AvgIpc) is 2.72. The minimum absolute atomic E-state index is 0.688. The minimum Gasteiger partial charge on any atom is -0.494 e. The maximum absolute atomic E-state index is 8.89. The molecule has 0 saturated carbocycles. The summed E-state index contributed by atoms with van der Waals surface area (Å²) in [4.78, 5) is 0. The lowest BCUT2D eigenvalue weighted by atomic mass is 10.0. The van der Waals surface area contributed by atoms with Crippen LogP contribution in [0.5, 0.6) is 5.75 Å². The van der Waals surface area contributed by atoms with Crippen molar-refractivity contribution >= 4 is 0 Å². The van der Waals surface area contributed by atoms with Gasteiger partial charge in [-0.2, -0.15) is 5.26 Å². The number of quaternary nitrogens is 1. The summed E-state index contributed by atoms with van der Waals surface area (Å²) in [6, 6.07) is 18.0. The first kappa shape index (κ1) is 23.0. The lowest BCUT2D eigenvalue weighted by Crippen LogP contribution is -2.35. The molecule has 0 aliphatic heterocycles. The largest absolute Gasteiger partial charge is 0.494 e. The van der Waals surface area contributed by atoms with Gasteiger partial charge < -0.3 is 9.22 Å². The Balaban J connectivity index is 1.53. The van der Waals surface area contributed by atoms with Crippen molar-refractivity contribution in [2.45, 2.75) is 51.4 Å². The Hall–Kier alpha value is -2.31. The maximum Gasteiger partial charge on any atom is 0.119 e. The first-order valence-corrected chi connectivity index (χ1v) is 11.0. The van der Waals surface area contributed by atoms with Crippen LogP contribution in [0.4, 0.5) is 0 Å². The fraction of sp³-hybridized carbons (Fsp3) is 0.500. The van der Waals surface area contributed by atoms with E-state index in [0.29, 0.717) is 5.56 Å². The normalized spacial score (nSPS) is 11.2. The Kier molecular flexibility index (Phi) is 9.74. The number of nitriles is 1. The van der Waals surface area contributed by atoms with E-state index in [9.17, 15) is 0 Å². The molecule has 0 spiro atoms. The highest BCUT2D eigenvalue weighted by Crippen LogP contribution is 2.23. The highest BCUT2D eigenvalue weighted by Gasteiger charge is 2.05. The summed E-state index contributed by atoms with van der Waals surface area (Å²) in [6.45, 7) is 2.07. The lowest BCUT2D eigenvalue weighted by Gasteiger charge is -2.23. The van der Waals surface area contributed by atoms with E-state index in [1.54, 1.807) is 0 Å². The average molecular weight is 394 g/mol. The van der Waals surface area contributed by atoms with Gasteiger partial charge in [-0.3, -0.25) is 0 Å². The van der Waals surface area contributed by atoms with Crippen LogP contribution in [-0.4, -0.2) is 38.8 Å². The van der Waals surface area contributed by atoms with Crippen molar-refractivity contribution in [3.8, 4) is 22.9 Å². The van der Waals surface area contributed by atoms with Gasteiger partial charge in [0.05, 0.1) is 45.9 Å². The summed E-state index contributed by atoms with van der Waals surface area (Å²) in [7, 11) is 6.81. The number of nitrogens with zero attached hydrogens (tertiary/aromatic N) is 2. The molecule has 0 aliphatic carbocycles. The molecule has 0 saturated heterocycles. The zero-order valence-electron chi connectivity index (χ0n) is 18.5.